The summed E-state index contributed by atoms with van der Waals surface area (Å²) in [5.74, 6) is 1.14. The van der Waals surface area contributed by atoms with E-state index in [4.69, 9.17) is 9.47 Å². The van der Waals surface area contributed by atoms with Crippen molar-refractivity contribution in [2.45, 2.75) is 70.0 Å². The number of hydrogen-bond donors (Lipinski definition) is 0. The maximum Gasteiger partial charge on any atom is 0.410 e. The molecule has 1 amide bonds. The molecule has 1 saturated carbocycles. The fourth-order valence-corrected chi connectivity index (χ4v) is 4.98. The van der Waals surface area contributed by atoms with Crippen LogP contribution in [0.4, 0.5) is 4.79 Å². The minimum Gasteiger partial charge on any atom is -0.491 e. The first-order chi connectivity index (χ1) is 14.9. The van der Waals surface area contributed by atoms with Gasteiger partial charge >= 0.3 is 6.09 Å². The quantitative estimate of drug-likeness (QED) is 0.656. The molecule has 1 aromatic heterocycles. The van der Waals surface area contributed by atoms with Crippen LogP contribution in [-0.2, 0) is 14.6 Å². The average molecular weight is 468 g/mol. The molecule has 0 N–H and O–H groups in total. The van der Waals surface area contributed by atoms with Crippen molar-refractivity contribution in [3.05, 3.63) is 17.8 Å². The van der Waals surface area contributed by atoms with E-state index in [1.165, 1.54) is 6.07 Å². The number of carbonyl (C=O) groups excluding carboxylic acids is 1. The number of nitrogens with zero attached hydrogens (tertiary/aromatic N) is 3. The van der Waals surface area contributed by atoms with Gasteiger partial charge in [0.1, 0.15) is 11.4 Å². The lowest BCUT2D eigenvalue weighted by Gasteiger charge is -2.42. The maximum atomic E-state index is 12.3. The minimum atomic E-state index is -3.31. The Labute approximate surface area is 192 Å². The Morgan fingerprint density at radius 2 is 1.72 bits per heavy atom. The molecule has 0 atom stereocenters. The third-order valence-electron chi connectivity index (χ3n) is 6.16. The molecule has 32 heavy (non-hydrogen) atoms. The van der Waals surface area contributed by atoms with E-state index in [0.29, 0.717) is 43.1 Å². The van der Waals surface area contributed by atoms with Crippen LogP contribution in [0.25, 0.3) is 0 Å². The molecule has 9 heteroatoms. The molecule has 0 spiro atoms. The van der Waals surface area contributed by atoms with Crippen LogP contribution in [0.5, 0.6) is 5.75 Å². The highest BCUT2D eigenvalue weighted by molar-refractivity contribution is 7.90. The predicted molar refractivity (Wildman–Crippen MR) is 123 cm³/mol. The standard InChI is InChI=1S/C23H37N3O5S/c1-17-20(10-11-21(24-17)32(5,28)29)30-16-18-6-8-19(9-7-18)25-12-14-26(15-13-25)22(27)31-23(2,3)4/h10-11,18-19H,6-9,12-16H2,1-5H3. The second-order valence-electron chi connectivity index (χ2n) is 9.99. The lowest BCUT2D eigenvalue weighted by Crippen LogP contribution is -2.53. The van der Waals surface area contributed by atoms with Crippen LogP contribution in [0, 0.1) is 12.8 Å². The fraction of sp³-hybridized carbons (Fsp3) is 0.739. The summed E-state index contributed by atoms with van der Waals surface area (Å²) in [6.45, 7) is 11.3. The number of ether oxygens (including phenoxy) is 2. The van der Waals surface area contributed by atoms with Crippen LogP contribution < -0.4 is 4.74 Å². The first kappa shape index (κ1) is 24.8. The van der Waals surface area contributed by atoms with Crippen molar-refractivity contribution < 1.29 is 22.7 Å². The Morgan fingerprint density at radius 3 is 2.25 bits per heavy atom. The van der Waals surface area contributed by atoms with Gasteiger partial charge in [0.25, 0.3) is 0 Å². The Balaban J connectivity index is 1.41. The number of aromatic nitrogens is 1. The molecule has 8 nitrogen and oxygen atoms in total. The number of pyridine rings is 1. The number of hydrogen-bond acceptors (Lipinski definition) is 7. The Kier molecular flexibility index (Phi) is 7.70. The topological polar surface area (TPSA) is 89.0 Å². The molecule has 2 heterocycles. The molecule has 180 valence electrons. The van der Waals surface area contributed by atoms with Crippen LogP contribution in [-0.4, -0.2) is 80.0 Å². The zero-order chi connectivity index (χ0) is 23.5. The molecule has 1 saturated heterocycles. The molecule has 1 aromatic rings. The van der Waals surface area contributed by atoms with Gasteiger partial charge in [0.05, 0.1) is 12.3 Å². The zero-order valence-electron chi connectivity index (χ0n) is 20.0. The van der Waals surface area contributed by atoms with Gasteiger partial charge in [-0.3, -0.25) is 4.90 Å². The van der Waals surface area contributed by atoms with E-state index in [1.54, 1.807) is 13.0 Å². The summed E-state index contributed by atoms with van der Waals surface area (Å²) in [4.78, 5) is 20.7. The molecule has 0 bridgehead atoms. The van der Waals surface area contributed by atoms with Gasteiger partial charge in [0, 0.05) is 38.5 Å². The monoisotopic (exact) mass is 467 g/mol. The number of aryl methyl sites for hydroxylation is 1. The van der Waals surface area contributed by atoms with Gasteiger partial charge in [-0.25, -0.2) is 18.2 Å². The number of rotatable bonds is 5. The van der Waals surface area contributed by atoms with E-state index >= 15 is 0 Å². The summed E-state index contributed by atoms with van der Waals surface area (Å²) in [6.07, 6.45) is 5.41. The van der Waals surface area contributed by atoms with Crippen molar-refractivity contribution in [2.75, 3.05) is 39.0 Å². The van der Waals surface area contributed by atoms with E-state index in [-0.39, 0.29) is 11.1 Å². The smallest absolute Gasteiger partial charge is 0.410 e. The largest absolute Gasteiger partial charge is 0.491 e. The predicted octanol–water partition coefficient (Wildman–Crippen LogP) is 3.28. The van der Waals surface area contributed by atoms with Crippen molar-refractivity contribution in [1.29, 1.82) is 0 Å². The van der Waals surface area contributed by atoms with Crippen LogP contribution >= 0.6 is 0 Å². The lowest BCUT2D eigenvalue weighted by molar-refractivity contribution is 0.00653. The first-order valence-electron chi connectivity index (χ1n) is 11.4. The highest BCUT2D eigenvalue weighted by atomic mass is 32.2. The molecular formula is C23H37N3O5S. The molecule has 1 aliphatic heterocycles. The van der Waals surface area contributed by atoms with Crippen molar-refractivity contribution in [1.82, 2.24) is 14.8 Å². The molecule has 2 fully saturated rings. The van der Waals surface area contributed by atoms with Gasteiger partial charge < -0.3 is 14.4 Å². The summed E-state index contributed by atoms with van der Waals surface area (Å²) < 4.78 is 34.7. The second-order valence-corrected chi connectivity index (χ2v) is 12.0. The lowest BCUT2D eigenvalue weighted by atomic mass is 9.85. The van der Waals surface area contributed by atoms with Crippen molar-refractivity contribution in [3.8, 4) is 5.75 Å². The van der Waals surface area contributed by atoms with E-state index in [2.05, 4.69) is 9.88 Å². The minimum absolute atomic E-state index is 0.0784. The van der Waals surface area contributed by atoms with Gasteiger partial charge in [-0.05, 0) is 71.4 Å². The molecular weight excluding hydrogens is 430 g/mol. The van der Waals surface area contributed by atoms with Crippen molar-refractivity contribution >= 4 is 15.9 Å². The molecule has 2 aliphatic rings. The molecule has 0 unspecified atom stereocenters. The van der Waals surface area contributed by atoms with E-state index in [9.17, 15) is 13.2 Å². The Morgan fingerprint density at radius 1 is 1.09 bits per heavy atom. The van der Waals surface area contributed by atoms with Crippen molar-refractivity contribution in [2.24, 2.45) is 5.92 Å². The SMILES string of the molecule is Cc1nc(S(C)(=O)=O)ccc1OCC1CCC(N2CCN(C(=O)OC(C)(C)C)CC2)CC1. The second kappa shape index (κ2) is 9.95. The van der Waals surface area contributed by atoms with Crippen LogP contribution in [0.3, 0.4) is 0 Å². The van der Waals surface area contributed by atoms with Crippen LogP contribution in [0.2, 0.25) is 0 Å². The van der Waals surface area contributed by atoms with Gasteiger partial charge in [-0.2, -0.15) is 0 Å². The summed E-state index contributed by atoms with van der Waals surface area (Å²) in [6, 6.07) is 3.77. The summed E-state index contributed by atoms with van der Waals surface area (Å²) in [5, 5.41) is 0.0784. The summed E-state index contributed by atoms with van der Waals surface area (Å²) >= 11 is 0. The van der Waals surface area contributed by atoms with Gasteiger partial charge in [0.15, 0.2) is 14.9 Å². The average Bonchev–Trinajstić information content (AvgIpc) is 2.71. The molecule has 3 rings (SSSR count). The Hall–Kier alpha value is -1.87. The van der Waals surface area contributed by atoms with E-state index in [1.807, 2.05) is 25.7 Å². The van der Waals surface area contributed by atoms with Crippen LogP contribution in [0.15, 0.2) is 17.2 Å². The third kappa shape index (κ3) is 6.81. The van der Waals surface area contributed by atoms with Gasteiger partial charge in [-0.1, -0.05) is 0 Å². The van der Waals surface area contributed by atoms with E-state index < -0.39 is 15.4 Å². The number of amides is 1. The first-order valence-corrected chi connectivity index (χ1v) is 13.3. The van der Waals surface area contributed by atoms with Gasteiger partial charge in [-0.15, -0.1) is 0 Å². The highest BCUT2D eigenvalue weighted by Gasteiger charge is 2.31. The normalized spacial score (nSPS) is 23.1. The molecule has 1 aliphatic carbocycles. The summed E-state index contributed by atoms with van der Waals surface area (Å²) in [5.41, 5.74) is 0.142. The number of piperazine rings is 1. The fourth-order valence-electron chi connectivity index (χ4n) is 4.36. The highest BCUT2D eigenvalue weighted by Crippen LogP contribution is 2.29. The van der Waals surface area contributed by atoms with Crippen LogP contribution in [0.1, 0.15) is 52.1 Å². The molecule has 0 aromatic carbocycles. The number of carbonyl (C=O) groups is 1. The maximum absolute atomic E-state index is 12.3. The van der Waals surface area contributed by atoms with E-state index in [0.717, 1.165) is 45.0 Å². The summed E-state index contributed by atoms with van der Waals surface area (Å²) in [7, 11) is -3.31. The van der Waals surface area contributed by atoms with Crippen molar-refractivity contribution in [3.63, 3.8) is 0 Å². The zero-order valence-corrected chi connectivity index (χ0v) is 20.8. The third-order valence-corrected chi connectivity index (χ3v) is 7.15. The Bertz CT molecular complexity index is 897. The number of sulfone groups is 1. The van der Waals surface area contributed by atoms with Gasteiger partial charge in [0.2, 0.25) is 0 Å². The molecule has 0 radical (unpaired) electrons.